The van der Waals surface area contributed by atoms with Crippen molar-refractivity contribution in [2.24, 2.45) is 0 Å². The van der Waals surface area contributed by atoms with Gasteiger partial charge in [0.1, 0.15) is 5.01 Å². The highest BCUT2D eigenvalue weighted by atomic mass is 32.1. The fourth-order valence-corrected chi connectivity index (χ4v) is 1.84. The summed E-state index contributed by atoms with van der Waals surface area (Å²) in [5, 5.41) is 16.5. The summed E-state index contributed by atoms with van der Waals surface area (Å²) in [6.45, 7) is 3.73. The Bertz CT molecular complexity index is 392. The molecule has 0 fully saturated rings. The summed E-state index contributed by atoms with van der Waals surface area (Å²) < 4.78 is 0. The number of carboxylic acid groups (broad SMARTS) is 1. The Morgan fingerprint density at radius 3 is 2.88 bits per heavy atom. The summed E-state index contributed by atoms with van der Waals surface area (Å²) in [6.07, 6.45) is 0.408. The van der Waals surface area contributed by atoms with Crippen LogP contribution in [0.3, 0.4) is 0 Å². The number of carboxylic acids is 1. The monoisotopic (exact) mass is 257 g/mol. The first-order valence-electron chi connectivity index (χ1n) is 5.28. The number of carbonyl (C=O) groups is 2. The summed E-state index contributed by atoms with van der Waals surface area (Å²) in [5.74, 6) is -1.12. The van der Waals surface area contributed by atoms with E-state index in [0.29, 0.717) is 18.0 Å². The Hall–Kier alpha value is -1.47. The number of hydrogen-bond acceptors (Lipinski definition) is 5. The average molecular weight is 257 g/mol. The van der Waals surface area contributed by atoms with Gasteiger partial charge in [-0.3, -0.25) is 4.79 Å². The van der Waals surface area contributed by atoms with E-state index in [0.717, 1.165) is 6.54 Å². The number of thiazole rings is 1. The van der Waals surface area contributed by atoms with Crippen LogP contribution in [0.25, 0.3) is 0 Å². The minimum atomic E-state index is -1.05. The highest BCUT2D eigenvalue weighted by Crippen LogP contribution is 2.09. The number of amides is 1. The van der Waals surface area contributed by atoms with Crippen molar-refractivity contribution in [2.45, 2.75) is 19.9 Å². The number of carbonyl (C=O) groups excluding carboxylic acids is 1. The minimum absolute atomic E-state index is 0.0203. The van der Waals surface area contributed by atoms with Crippen molar-refractivity contribution >= 4 is 23.2 Å². The van der Waals surface area contributed by atoms with Gasteiger partial charge in [0.2, 0.25) is 5.91 Å². The maximum atomic E-state index is 11.3. The molecule has 6 nitrogen and oxygen atoms in total. The third-order valence-electron chi connectivity index (χ3n) is 1.99. The van der Waals surface area contributed by atoms with Crippen LogP contribution in [0.4, 0.5) is 0 Å². The molecule has 94 valence electrons. The van der Waals surface area contributed by atoms with Crippen molar-refractivity contribution in [3.05, 3.63) is 16.1 Å². The maximum Gasteiger partial charge on any atom is 0.355 e. The molecule has 0 spiro atoms. The summed E-state index contributed by atoms with van der Waals surface area (Å²) in [4.78, 5) is 25.8. The van der Waals surface area contributed by atoms with Crippen LogP contribution >= 0.6 is 11.3 Å². The van der Waals surface area contributed by atoms with Crippen LogP contribution in [0.15, 0.2) is 5.38 Å². The molecule has 1 aromatic rings. The second-order valence-corrected chi connectivity index (χ2v) is 4.25. The molecule has 1 amide bonds. The van der Waals surface area contributed by atoms with E-state index in [1.165, 1.54) is 16.7 Å². The predicted octanol–water partition coefficient (Wildman–Crippen LogP) is 0.457. The minimum Gasteiger partial charge on any atom is -0.476 e. The third-order valence-corrected chi connectivity index (χ3v) is 2.84. The highest BCUT2D eigenvalue weighted by molar-refractivity contribution is 7.09. The molecule has 0 saturated heterocycles. The van der Waals surface area contributed by atoms with Crippen molar-refractivity contribution in [1.82, 2.24) is 15.6 Å². The summed E-state index contributed by atoms with van der Waals surface area (Å²) in [6, 6.07) is 0. The number of hydrogen-bond donors (Lipinski definition) is 3. The molecule has 0 aliphatic carbocycles. The van der Waals surface area contributed by atoms with Crippen molar-refractivity contribution < 1.29 is 14.7 Å². The lowest BCUT2D eigenvalue weighted by molar-refractivity contribution is -0.121. The van der Waals surface area contributed by atoms with Gasteiger partial charge in [-0.15, -0.1) is 11.3 Å². The molecule has 3 N–H and O–H groups in total. The van der Waals surface area contributed by atoms with Crippen molar-refractivity contribution in [3.8, 4) is 0 Å². The molecule has 0 saturated carbocycles. The second kappa shape index (κ2) is 6.97. The van der Waals surface area contributed by atoms with E-state index in [1.807, 2.05) is 6.92 Å². The fraction of sp³-hybridized carbons (Fsp3) is 0.500. The Balaban J connectivity index is 2.29. The van der Waals surface area contributed by atoms with E-state index in [-0.39, 0.29) is 18.1 Å². The Morgan fingerprint density at radius 1 is 1.53 bits per heavy atom. The first-order chi connectivity index (χ1) is 8.13. The molecule has 0 atom stereocenters. The molecule has 1 aromatic heterocycles. The van der Waals surface area contributed by atoms with Crippen molar-refractivity contribution in [1.29, 1.82) is 0 Å². The van der Waals surface area contributed by atoms with Gasteiger partial charge in [-0.05, 0) is 6.54 Å². The third kappa shape index (κ3) is 4.92. The van der Waals surface area contributed by atoms with Gasteiger partial charge in [0.15, 0.2) is 5.69 Å². The van der Waals surface area contributed by atoms with E-state index in [9.17, 15) is 9.59 Å². The van der Waals surface area contributed by atoms with E-state index < -0.39 is 5.97 Å². The smallest absolute Gasteiger partial charge is 0.355 e. The first-order valence-corrected chi connectivity index (χ1v) is 6.16. The topological polar surface area (TPSA) is 91.3 Å². The Morgan fingerprint density at radius 2 is 2.29 bits per heavy atom. The van der Waals surface area contributed by atoms with Gasteiger partial charge in [0.05, 0.1) is 6.54 Å². The number of nitrogens with zero attached hydrogens (tertiary/aromatic N) is 1. The SMILES string of the molecule is CCNCCC(=O)NCc1nc(C(=O)O)cs1. The van der Waals surface area contributed by atoms with Gasteiger partial charge in [-0.2, -0.15) is 0 Å². The van der Waals surface area contributed by atoms with Crippen LogP contribution in [0.1, 0.15) is 28.8 Å². The summed E-state index contributed by atoms with van der Waals surface area (Å²) in [5.41, 5.74) is 0.0203. The predicted molar refractivity (Wildman–Crippen MR) is 64.1 cm³/mol. The molecule has 0 aliphatic heterocycles. The lowest BCUT2D eigenvalue weighted by Gasteiger charge is -2.03. The van der Waals surface area contributed by atoms with Crippen LogP contribution in [-0.2, 0) is 11.3 Å². The molecule has 0 bridgehead atoms. The molecule has 7 heteroatoms. The zero-order chi connectivity index (χ0) is 12.7. The molecular weight excluding hydrogens is 242 g/mol. The van der Waals surface area contributed by atoms with Gasteiger partial charge in [0, 0.05) is 18.3 Å². The lowest BCUT2D eigenvalue weighted by Crippen LogP contribution is -2.27. The van der Waals surface area contributed by atoms with Crippen LogP contribution in [0.2, 0.25) is 0 Å². The number of aromatic nitrogens is 1. The number of rotatable bonds is 7. The van der Waals surface area contributed by atoms with Gasteiger partial charge in [-0.1, -0.05) is 6.92 Å². The van der Waals surface area contributed by atoms with Gasteiger partial charge < -0.3 is 15.7 Å². The zero-order valence-electron chi connectivity index (χ0n) is 9.52. The van der Waals surface area contributed by atoms with Crippen LogP contribution in [0, 0.1) is 0 Å². The lowest BCUT2D eigenvalue weighted by atomic mass is 10.4. The maximum absolute atomic E-state index is 11.3. The van der Waals surface area contributed by atoms with Crippen LogP contribution in [-0.4, -0.2) is 35.1 Å². The Labute approximate surface area is 103 Å². The zero-order valence-corrected chi connectivity index (χ0v) is 10.3. The standard InChI is InChI=1S/C10H15N3O3S/c1-2-11-4-3-8(14)12-5-9-13-7(6-17-9)10(15)16/h6,11H,2-5H2,1H3,(H,12,14)(H,15,16). The van der Waals surface area contributed by atoms with E-state index >= 15 is 0 Å². The highest BCUT2D eigenvalue weighted by Gasteiger charge is 2.09. The largest absolute Gasteiger partial charge is 0.476 e. The first kappa shape index (κ1) is 13.6. The van der Waals surface area contributed by atoms with E-state index in [1.54, 1.807) is 0 Å². The normalized spacial score (nSPS) is 10.2. The second-order valence-electron chi connectivity index (χ2n) is 3.31. The molecule has 0 aromatic carbocycles. The molecule has 1 heterocycles. The van der Waals surface area contributed by atoms with Gasteiger partial charge in [0.25, 0.3) is 0 Å². The fourth-order valence-electron chi connectivity index (χ4n) is 1.13. The summed E-state index contributed by atoms with van der Waals surface area (Å²) in [7, 11) is 0. The van der Waals surface area contributed by atoms with E-state index in [2.05, 4.69) is 15.6 Å². The quantitative estimate of drug-likeness (QED) is 0.617. The summed E-state index contributed by atoms with van der Waals surface area (Å²) >= 11 is 1.23. The molecule has 17 heavy (non-hydrogen) atoms. The van der Waals surface area contributed by atoms with Crippen LogP contribution in [0.5, 0.6) is 0 Å². The van der Waals surface area contributed by atoms with Crippen molar-refractivity contribution in [3.63, 3.8) is 0 Å². The number of nitrogens with one attached hydrogen (secondary N) is 2. The van der Waals surface area contributed by atoms with Crippen molar-refractivity contribution in [2.75, 3.05) is 13.1 Å². The molecule has 0 unspecified atom stereocenters. The molecule has 0 radical (unpaired) electrons. The molecule has 1 rings (SSSR count). The number of aromatic carboxylic acids is 1. The molecular formula is C10H15N3O3S. The van der Waals surface area contributed by atoms with Gasteiger partial charge in [-0.25, -0.2) is 9.78 Å². The average Bonchev–Trinajstić information content (AvgIpc) is 2.75. The molecule has 0 aliphatic rings. The Kier molecular flexibility index (Phi) is 5.58. The van der Waals surface area contributed by atoms with Gasteiger partial charge >= 0.3 is 5.97 Å². The van der Waals surface area contributed by atoms with Crippen LogP contribution < -0.4 is 10.6 Å². The van der Waals surface area contributed by atoms with E-state index in [4.69, 9.17) is 5.11 Å².